The normalized spacial score (nSPS) is 11.6. The van der Waals surface area contributed by atoms with Gasteiger partial charge in [0.25, 0.3) is 0 Å². The quantitative estimate of drug-likeness (QED) is 0.311. The number of aliphatic imine (C=N–C) groups is 1. The predicted molar refractivity (Wildman–Crippen MR) is 114 cm³/mol. The van der Waals surface area contributed by atoms with Crippen molar-refractivity contribution in [2.75, 3.05) is 26.7 Å². The molecule has 2 N–H and O–H groups in total. The molecule has 154 valence electrons. The van der Waals surface area contributed by atoms with Gasteiger partial charge in [0.1, 0.15) is 18.2 Å². The third-order valence-electron chi connectivity index (χ3n) is 4.33. The van der Waals surface area contributed by atoms with Crippen LogP contribution in [0.5, 0.6) is 0 Å². The average Bonchev–Trinajstić information content (AvgIpc) is 3.42. The Balaban J connectivity index is 1.47. The third-order valence-corrected chi connectivity index (χ3v) is 4.33. The number of benzene rings is 1. The first-order valence-electron chi connectivity index (χ1n) is 9.95. The van der Waals surface area contributed by atoms with E-state index in [1.54, 1.807) is 6.26 Å². The molecule has 7 nitrogen and oxygen atoms in total. The Kier molecular flexibility index (Phi) is 7.89. The Morgan fingerprint density at radius 1 is 1.24 bits per heavy atom. The van der Waals surface area contributed by atoms with Gasteiger partial charge in [-0.1, -0.05) is 30.3 Å². The molecule has 0 bridgehead atoms. The second kappa shape index (κ2) is 11.1. The first-order valence-corrected chi connectivity index (χ1v) is 9.95. The van der Waals surface area contributed by atoms with Gasteiger partial charge < -0.3 is 24.4 Å². The Hall–Kier alpha value is -3.06. The number of furan rings is 1. The van der Waals surface area contributed by atoms with E-state index in [9.17, 15) is 0 Å². The van der Waals surface area contributed by atoms with Crippen LogP contribution in [0.3, 0.4) is 0 Å². The maximum Gasteiger partial charge on any atom is 0.194 e. The van der Waals surface area contributed by atoms with Crippen molar-refractivity contribution in [1.82, 2.24) is 20.2 Å². The van der Waals surface area contributed by atoms with Gasteiger partial charge in [0.15, 0.2) is 5.96 Å². The summed E-state index contributed by atoms with van der Waals surface area (Å²) in [7, 11) is 2.01. The zero-order valence-electron chi connectivity index (χ0n) is 17.1. The number of ether oxygens (including phenoxy) is 1. The molecule has 0 amide bonds. The van der Waals surface area contributed by atoms with Crippen LogP contribution in [0.25, 0.3) is 11.3 Å². The minimum atomic E-state index is 0.499. The fourth-order valence-corrected chi connectivity index (χ4v) is 2.90. The Morgan fingerprint density at radius 3 is 2.86 bits per heavy atom. The Labute approximate surface area is 171 Å². The van der Waals surface area contributed by atoms with E-state index in [1.807, 2.05) is 43.6 Å². The summed E-state index contributed by atoms with van der Waals surface area (Å²) in [5.41, 5.74) is 2.15. The van der Waals surface area contributed by atoms with Gasteiger partial charge in [-0.3, -0.25) is 4.99 Å². The number of nitrogens with one attached hydrogen (secondary N) is 2. The Bertz CT molecular complexity index is 858. The molecule has 0 saturated carbocycles. The molecule has 0 unspecified atom stereocenters. The van der Waals surface area contributed by atoms with Gasteiger partial charge in [-0.25, -0.2) is 4.98 Å². The fraction of sp³-hybridized carbons (Fsp3) is 0.364. The molecule has 2 aromatic heterocycles. The minimum Gasteiger partial charge on any atom is -0.467 e. The van der Waals surface area contributed by atoms with Crippen LogP contribution in [0.2, 0.25) is 0 Å². The van der Waals surface area contributed by atoms with Crippen LogP contribution in [0.1, 0.15) is 24.9 Å². The molecule has 7 heteroatoms. The lowest BCUT2D eigenvalue weighted by molar-refractivity contribution is 0.105. The highest BCUT2D eigenvalue weighted by Crippen LogP contribution is 2.16. The number of nitrogens with zero attached hydrogens (tertiary/aromatic N) is 3. The van der Waals surface area contributed by atoms with Crippen LogP contribution in [-0.2, 0) is 17.9 Å². The topological polar surface area (TPSA) is 78.7 Å². The van der Waals surface area contributed by atoms with E-state index in [1.165, 1.54) is 0 Å². The van der Waals surface area contributed by atoms with Crippen molar-refractivity contribution < 1.29 is 9.15 Å². The third kappa shape index (κ3) is 6.50. The van der Waals surface area contributed by atoms with Crippen molar-refractivity contribution in [3.8, 4) is 11.3 Å². The fourth-order valence-electron chi connectivity index (χ4n) is 2.90. The van der Waals surface area contributed by atoms with Gasteiger partial charge in [0.2, 0.25) is 0 Å². The highest BCUT2D eigenvalue weighted by Gasteiger charge is 2.09. The monoisotopic (exact) mass is 395 g/mol. The van der Waals surface area contributed by atoms with Crippen molar-refractivity contribution in [2.24, 2.45) is 4.99 Å². The summed E-state index contributed by atoms with van der Waals surface area (Å²) in [6.45, 7) is 5.36. The molecule has 1 aromatic carbocycles. The molecule has 3 aromatic rings. The van der Waals surface area contributed by atoms with E-state index in [0.717, 1.165) is 41.8 Å². The zero-order chi connectivity index (χ0) is 20.3. The molecule has 0 aliphatic heterocycles. The van der Waals surface area contributed by atoms with Crippen LogP contribution >= 0.6 is 0 Å². The van der Waals surface area contributed by atoms with Crippen molar-refractivity contribution >= 4 is 5.96 Å². The molecular formula is C22H29N5O2. The predicted octanol–water partition coefficient (Wildman–Crippen LogP) is 3.67. The number of imidazole rings is 1. The summed E-state index contributed by atoms with van der Waals surface area (Å²) >= 11 is 0. The lowest BCUT2D eigenvalue weighted by Gasteiger charge is -2.21. The molecule has 0 saturated heterocycles. The number of hydrogen-bond acceptors (Lipinski definition) is 4. The van der Waals surface area contributed by atoms with Crippen molar-refractivity contribution in [3.63, 3.8) is 0 Å². The smallest absolute Gasteiger partial charge is 0.194 e. The summed E-state index contributed by atoms with van der Waals surface area (Å²) in [6.07, 6.45) is 4.38. The first kappa shape index (κ1) is 20.7. The highest BCUT2D eigenvalue weighted by molar-refractivity contribution is 5.79. The lowest BCUT2D eigenvalue weighted by Crippen LogP contribution is -2.38. The van der Waals surface area contributed by atoms with Crippen LogP contribution in [0, 0.1) is 0 Å². The standard InChI is InChI=1S/C22H29N5O2/c1-3-23-22(24-12-8-13-28-17-19-11-7-14-29-19)27(2)16-21-25-15-20(26-21)18-9-5-4-6-10-18/h4-7,9-11,14-15H,3,8,12-13,16-17H2,1-2H3,(H,23,24)(H,25,26). The number of aromatic amines is 1. The molecular weight excluding hydrogens is 366 g/mol. The summed E-state index contributed by atoms with van der Waals surface area (Å²) < 4.78 is 10.9. The van der Waals surface area contributed by atoms with E-state index >= 15 is 0 Å². The molecule has 0 fully saturated rings. The number of hydrogen-bond donors (Lipinski definition) is 2. The highest BCUT2D eigenvalue weighted by atomic mass is 16.5. The van der Waals surface area contributed by atoms with Crippen molar-refractivity contribution in [2.45, 2.75) is 26.5 Å². The zero-order valence-corrected chi connectivity index (χ0v) is 17.1. The molecule has 29 heavy (non-hydrogen) atoms. The second-order valence-corrected chi connectivity index (χ2v) is 6.69. The summed E-state index contributed by atoms with van der Waals surface area (Å²) in [5, 5.41) is 3.33. The summed E-state index contributed by atoms with van der Waals surface area (Å²) in [5.74, 6) is 2.60. The number of H-pyrrole nitrogens is 1. The van der Waals surface area contributed by atoms with E-state index in [0.29, 0.717) is 26.3 Å². The molecule has 2 heterocycles. The maximum absolute atomic E-state index is 5.61. The van der Waals surface area contributed by atoms with E-state index in [-0.39, 0.29) is 0 Å². The van der Waals surface area contributed by atoms with Gasteiger partial charge in [-0.2, -0.15) is 0 Å². The number of guanidine groups is 1. The van der Waals surface area contributed by atoms with Crippen molar-refractivity contribution in [3.05, 3.63) is 66.5 Å². The minimum absolute atomic E-state index is 0.499. The van der Waals surface area contributed by atoms with Gasteiger partial charge >= 0.3 is 0 Å². The number of aromatic nitrogens is 2. The van der Waals surface area contributed by atoms with Crippen LogP contribution in [0.4, 0.5) is 0 Å². The van der Waals surface area contributed by atoms with Gasteiger partial charge in [-0.15, -0.1) is 0 Å². The summed E-state index contributed by atoms with van der Waals surface area (Å²) in [6, 6.07) is 14.0. The van der Waals surface area contributed by atoms with Crippen LogP contribution < -0.4 is 5.32 Å². The van der Waals surface area contributed by atoms with E-state index in [4.69, 9.17) is 14.1 Å². The largest absolute Gasteiger partial charge is 0.467 e. The molecule has 3 rings (SSSR count). The van der Waals surface area contributed by atoms with Gasteiger partial charge in [0, 0.05) is 26.7 Å². The van der Waals surface area contributed by atoms with Crippen LogP contribution in [-0.4, -0.2) is 47.6 Å². The van der Waals surface area contributed by atoms with Crippen LogP contribution in [0.15, 0.2) is 64.3 Å². The first-order chi connectivity index (χ1) is 14.3. The van der Waals surface area contributed by atoms with Gasteiger partial charge in [-0.05, 0) is 31.0 Å². The maximum atomic E-state index is 5.61. The molecule has 0 spiro atoms. The summed E-state index contributed by atoms with van der Waals surface area (Å²) in [4.78, 5) is 14.7. The van der Waals surface area contributed by atoms with Crippen molar-refractivity contribution in [1.29, 1.82) is 0 Å². The lowest BCUT2D eigenvalue weighted by atomic mass is 10.2. The molecule has 0 aliphatic carbocycles. The van der Waals surface area contributed by atoms with E-state index in [2.05, 4.69) is 39.2 Å². The molecule has 0 atom stereocenters. The van der Waals surface area contributed by atoms with Gasteiger partial charge in [0.05, 0.1) is 24.7 Å². The SMILES string of the molecule is CCNC(=NCCCOCc1ccco1)N(C)Cc1ncc(-c2ccccc2)[nH]1. The number of rotatable bonds is 10. The van der Waals surface area contributed by atoms with E-state index < -0.39 is 0 Å². The second-order valence-electron chi connectivity index (χ2n) is 6.69. The average molecular weight is 396 g/mol. The molecule has 0 radical (unpaired) electrons. The Morgan fingerprint density at radius 2 is 2.10 bits per heavy atom. The molecule has 0 aliphatic rings.